The molecule has 19 heavy (non-hydrogen) atoms. The van der Waals surface area contributed by atoms with Gasteiger partial charge in [0.05, 0.1) is 4.83 Å². The minimum atomic E-state index is 0.579. The molecule has 0 nitrogen and oxygen atoms in total. The van der Waals surface area contributed by atoms with Gasteiger partial charge in [0.2, 0.25) is 0 Å². The average molecular weight is 404 g/mol. The van der Waals surface area contributed by atoms with E-state index < -0.39 is 0 Å². The highest BCUT2D eigenvalue weighted by Crippen LogP contribution is 2.61. The average Bonchev–Trinajstić information content (AvgIpc) is 2.66. The summed E-state index contributed by atoms with van der Waals surface area (Å²) in [4.78, 5) is 3.54. The van der Waals surface area contributed by atoms with Crippen LogP contribution in [0.15, 0.2) is 10.5 Å². The van der Waals surface area contributed by atoms with E-state index in [4.69, 9.17) is 0 Å². The predicted molar refractivity (Wildman–Crippen MR) is 89.0 cm³/mol. The van der Waals surface area contributed by atoms with Crippen molar-refractivity contribution >= 4 is 43.2 Å². The van der Waals surface area contributed by atoms with Gasteiger partial charge < -0.3 is 0 Å². The van der Waals surface area contributed by atoms with Crippen molar-refractivity contribution < 1.29 is 0 Å². The molecular formula is C16H20Br2S. The van der Waals surface area contributed by atoms with Crippen molar-refractivity contribution in [1.29, 1.82) is 0 Å². The molecule has 4 aliphatic rings. The van der Waals surface area contributed by atoms with E-state index >= 15 is 0 Å². The molecule has 4 aliphatic carbocycles. The molecule has 4 saturated carbocycles. The van der Waals surface area contributed by atoms with Gasteiger partial charge >= 0.3 is 0 Å². The maximum atomic E-state index is 4.08. The topological polar surface area (TPSA) is 0 Å². The Balaban J connectivity index is 1.63. The lowest BCUT2D eigenvalue weighted by molar-refractivity contribution is -0.0362. The molecule has 0 spiro atoms. The molecule has 1 aromatic rings. The van der Waals surface area contributed by atoms with Gasteiger partial charge in [0.1, 0.15) is 0 Å². The van der Waals surface area contributed by atoms with Crippen LogP contribution in [-0.2, 0) is 0 Å². The second-order valence-electron chi connectivity index (χ2n) is 6.98. The Bertz CT molecular complexity index is 465. The first-order chi connectivity index (χ1) is 9.11. The highest BCUT2D eigenvalue weighted by Gasteiger charge is 2.50. The van der Waals surface area contributed by atoms with Crippen LogP contribution in [0.25, 0.3) is 0 Å². The molecule has 0 aromatic carbocycles. The third-order valence-corrected chi connectivity index (χ3v) is 9.15. The van der Waals surface area contributed by atoms with Crippen molar-refractivity contribution in [2.24, 2.45) is 29.6 Å². The zero-order valence-corrected chi connectivity index (χ0v) is 15.2. The van der Waals surface area contributed by atoms with Crippen molar-refractivity contribution in [3.05, 3.63) is 20.3 Å². The van der Waals surface area contributed by atoms with E-state index in [9.17, 15) is 0 Å². The van der Waals surface area contributed by atoms with E-state index in [0.29, 0.717) is 4.83 Å². The van der Waals surface area contributed by atoms with E-state index in [2.05, 4.69) is 44.8 Å². The third kappa shape index (κ3) is 2.19. The second kappa shape index (κ2) is 4.84. The third-order valence-electron chi connectivity index (χ3n) is 5.72. The zero-order chi connectivity index (χ0) is 13.1. The van der Waals surface area contributed by atoms with Crippen LogP contribution in [0.3, 0.4) is 0 Å². The van der Waals surface area contributed by atoms with Gasteiger partial charge in [-0.15, -0.1) is 11.3 Å². The van der Waals surface area contributed by atoms with Gasteiger partial charge in [0.15, 0.2) is 0 Å². The van der Waals surface area contributed by atoms with Crippen LogP contribution in [0.1, 0.15) is 46.7 Å². The summed E-state index contributed by atoms with van der Waals surface area (Å²) in [5.74, 6) is 5.03. The van der Waals surface area contributed by atoms with Crippen LogP contribution in [0.4, 0.5) is 0 Å². The summed E-state index contributed by atoms with van der Waals surface area (Å²) in [6, 6.07) is 2.28. The number of thiophene rings is 1. The summed E-state index contributed by atoms with van der Waals surface area (Å²) in [5.41, 5.74) is 0. The van der Waals surface area contributed by atoms with Gasteiger partial charge in [-0.1, -0.05) is 15.9 Å². The summed E-state index contributed by atoms with van der Waals surface area (Å²) in [6.07, 6.45) is 7.61. The molecule has 0 amide bonds. The maximum absolute atomic E-state index is 4.08. The number of hydrogen-bond donors (Lipinski definition) is 0. The fraction of sp³-hybridized carbons (Fsp3) is 0.750. The van der Waals surface area contributed by atoms with Crippen molar-refractivity contribution in [2.45, 2.75) is 43.9 Å². The van der Waals surface area contributed by atoms with Crippen molar-refractivity contribution in [3.8, 4) is 0 Å². The smallest absolute Gasteiger partial charge is 0.0534 e. The summed E-state index contributed by atoms with van der Waals surface area (Å²) in [5, 5.41) is 0. The highest BCUT2D eigenvalue weighted by atomic mass is 79.9. The molecule has 3 heteroatoms. The summed E-state index contributed by atoms with van der Waals surface area (Å²) in [6.45, 7) is 2.22. The van der Waals surface area contributed by atoms with E-state index in [1.165, 1.54) is 39.9 Å². The van der Waals surface area contributed by atoms with Gasteiger partial charge in [-0.2, -0.15) is 0 Å². The van der Waals surface area contributed by atoms with Crippen LogP contribution in [0, 0.1) is 36.5 Å². The number of rotatable bonds is 2. The summed E-state index contributed by atoms with van der Waals surface area (Å²) in [7, 11) is 0. The Labute approximate surface area is 136 Å². The van der Waals surface area contributed by atoms with Gasteiger partial charge in [-0.05, 0) is 90.6 Å². The van der Waals surface area contributed by atoms with Gasteiger partial charge in [0.25, 0.3) is 0 Å². The van der Waals surface area contributed by atoms with Crippen molar-refractivity contribution in [3.63, 3.8) is 0 Å². The molecule has 1 unspecified atom stereocenters. The Morgan fingerprint density at radius 1 is 1.11 bits per heavy atom. The molecule has 0 saturated heterocycles. The minimum Gasteiger partial charge on any atom is -0.143 e. The van der Waals surface area contributed by atoms with E-state index in [1.807, 2.05) is 11.3 Å². The predicted octanol–water partition coefficient (Wildman–Crippen LogP) is 6.33. The maximum Gasteiger partial charge on any atom is 0.0534 e. The van der Waals surface area contributed by atoms with Crippen LogP contribution >= 0.6 is 43.2 Å². The Morgan fingerprint density at radius 3 is 2.16 bits per heavy atom. The van der Waals surface area contributed by atoms with Crippen molar-refractivity contribution in [2.75, 3.05) is 0 Å². The Kier molecular flexibility index (Phi) is 3.40. The number of alkyl halides is 1. The first kappa shape index (κ1) is 13.3. The lowest BCUT2D eigenvalue weighted by Crippen LogP contribution is -2.46. The van der Waals surface area contributed by atoms with Gasteiger partial charge in [-0.25, -0.2) is 0 Å². The SMILES string of the molecule is Cc1cc(Br)c(C(Br)C2C3CC4CC(C3)CC2C4)s1. The second-order valence-corrected chi connectivity index (χ2v) is 10.1. The molecule has 4 fully saturated rings. The summed E-state index contributed by atoms with van der Waals surface area (Å²) >= 11 is 9.82. The van der Waals surface area contributed by atoms with Gasteiger partial charge in [0, 0.05) is 14.2 Å². The van der Waals surface area contributed by atoms with Crippen molar-refractivity contribution in [1.82, 2.24) is 0 Å². The molecule has 1 aromatic heterocycles. The first-order valence-corrected chi connectivity index (χ1v) is 10.0. The Morgan fingerprint density at radius 2 is 1.68 bits per heavy atom. The largest absolute Gasteiger partial charge is 0.143 e. The molecule has 0 aliphatic heterocycles. The standard InChI is InChI=1S/C16H20Br2S/c1-8-2-13(17)16(19-8)15(18)14-11-4-9-3-10(6-11)7-12(14)5-9/h2,9-12,14-15H,3-7H2,1H3. The van der Waals surface area contributed by atoms with E-state index in [-0.39, 0.29) is 0 Å². The van der Waals surface area contributed by atoms with E-state index in [0.717, 1.165) is 29.6 Å². The normalized spacial score (nSPS) is 41.7. The van der Waals surface area contributed by atoms with Crippen LogP contribution in [0.2, 0.25) is 0 Å². The molecule has 1 atom stereocenters. The molecule has 4 bridgehead atoms. The zero-order valence-electron chi connectivity index (χ0n) is 11.2. The highest BCUT2D eigenvalue weighted by molar-refractivity contribution is 9.11. The number of halogens is 2. The fourth-order valence-corrected chi connectivity index (χ4v) is 8.94. The van der Waals surface area contributed by atoms with Gasteiger partial charge in [-0.3, -0.25) is 0 Å². The molecule has 5 rings (SSSR count). The fourth-order valence-electron chi connectivity index (χ4n) is 5.31. The summed E-state index contributed by atoms with van der Waals surface area (Å²) < 4.78 is 1.32. The lowest BCUT2D eigenvalue weighted by Gasteiger charge is -2.55. The lowest BCUT2D eigenvalue weighted by atomic mass is 9.51. The minimum absolute atomic E-state index is 0.579. The van der Waals surface area contributed by atoms with Crippen LogP contribution in [-0.4, -0.2) is 0 Å². The monoisotopic (exact) mass is 402 g/mol. The number of aryl methyl sites for hydroxylation is 1. The van der Waals surface area contributed by atoms with Crippen LogP contribution in [0.5, 0.6) is 0 Å². The molecule has 1 heterocycles. The molecule has 0 N–H and O–H groups in total. The first-order valence-electron chi connectivity index (χ1n) is 7.51. The molecule has 104 valence electrons. The van der Waals surface area contributed by atoms with Crippen LogP contribution < -0.4 is 0 Å². The van der Waals surface area contributed by atoms with E-state index in [1.54, 1.807) is 6.42 Å². The quantitative estimate of drug-likeness (QED) is 0.506. The molecule has 0 radical (unpaired) electrons. The Hall–Kier alpha value is 0.660. The number of hydrogen-bond acceptors (Lipinski definition) is 1. The molecular weight excluding hydrogens is 384 g/mol.